The summed E-state index contributed by atoms with van der Waals surface area (Å²) in [6, 6.07) is 32.0. The number of nitrogens with zero attached hydrogens (tertiary/aromatic N) is 6. The molecule has 0 N–H and O–H groups in total. The van der Waals surface area contributed by atoms with Crippen LogP contribution in [-0.4, -0.2) is 29.8 Å². The Morgan fingerprint density at radius 1 is 0.511 bits per heavy atom. The summed E-state index contributed by atoms with van der Waals surface area (Å²) >= 11 is 0. The fourth-order valence-electron chi connectivity index (χ4n) is 4.69. The van der Waals surface area contributed by atoms with E-state index < -0.39 is 5.09 Å². The summed E-state index contributed by atoms with van der Waals surface area (Å²) in [6.07, 6.45) is 3.56. The Bertz CT molecular complexity index is 1500. The third-order valence-corrected chi connectivity index (χ3v) is 6.59. The van der Waals surface area contributed by atoms with Gasteiger partial charge in [-0.15, -0.1) is 11.5 Å². The fraction of sp³-hybridized carbons (Fsp3) is 0.182. The van der Waals surface area contributed by atoms with Crippen LogP contribution in [0.4, 0.5) is 0 Å². The van der Waals surface area contributed by atoms with Crippen LogP contribution in [0.25, 0.3) is 0 Å². The maximum atomic E-state index is 12.5. The van der Waals surface area contributed by atoms with Crippen LogP contribution in [0, 0.1) is 53.5 Å². The second-order valence-electron chi connectivity index (χ2n) is 9.99. The predicted molar refractivity (Wildman–Crippen MR) is 161 cm³/mol. The largest absolute Gasteiger partial charge is 3.00 e. The molecular weight excluding hydrogens is 723 g/mol. The van der Waals surface area contributed by atoms with Crippen molar-refractivity contribution in [1.29, 1.82) is 0 Å². The van der Waals surface area contributed by atoms with Crippen molar-refractivity contribution in [2.45, 2.75) is 39.3 Å². The first-order chi connectivity index (χ1) is 21.4. The summed E-state index contributed by atoms with van der Waals surface area (Å²) in [6.45, 7) is 3.29. The van der Waals surface area contributed by atoms with Gasteiger partial charge in [-0.1, -0.05) is 66.7 Å². The Hall–Kier alpha value is -4.12. The van der Waals surface area contributed by atoms with E-state index in [4.69, 9.17) is 20.3 Å². The number of rotatable bonds is 12. The van der Waals surface area contributed by atoms with Crippen LogP contribution in [0.5, 0.6) is 11.5 Å². The molecule has 233 valence electrons. The standard InChI is InChI=1S/C33H33N5O2.Dy.NO3/c39-32-16-3-1-10-26(32)20-37(22-28-12-5-7-18-34-28)24-30-14-9-15-31(36-30)25-38(23-29-13-6-8-19-35-29)21-27-11-2-4-17-33(27)40;;2-1(3)4/h1-19,39-40H,20-25H2;;/q;+3;-1/p-2. The molecule has 3 heterocycles. The molecule has 2 aromatic carbocycles. The molecule has 0 amide bonds. The molecule has 5 aromatic rings. The van der Waals surface area contributed by atoms with E-state index in [2.05, 4.69) is 19.8 Å². The van der Waals surface area contributed by atoms with Crippen LogP contribution in [0.15, 0.2) is 116 Å². The molecular formula is C33H31DyN6O5. The van der Waals surface area contributed by atoms with Crippen LogP contribution >= 0.6 is 0 Å². The summed E-state index contributed by atoms with van der Waals surface area (Å²) in [7, 11) is 0. The molecule has 0 saturated carbocycles. The molecule has 0 aliphatic rings. The molecule has 5 rings (SSSR count). The second kappa shape index (κ2) is 18.6. The van der Waals surface area contributed by atoms with Gasteiger partial charge in [0.15, 0.2) is 0 Å². The maximum Gasteiger partial charge on any atom is 3.00 e. The molecule has 0 saturated heterocycles. The van der Waals surface area contributed by atoms with Crippen molar-refractivity contribution in [2.75, 3.05) is 0 Å². The average Bonchev–Trinajstić information content (AvgIpc) is 3.00. The van der Waals surface area contributed by atoms with E-state index in [9.17, 15) is 10.2 Å². The first-order valence-electron chi connectivity index (χ1n) is 13.9. The van der Waals surface area contributed by atoms with E-state index in [1.165, 1.54) is 0 Å². The number of pyridine rings is 3. The van der Waals surface area contributed by atoms with Crippen LogP contribution in [0.2, 0.25) is 0 Å². The van der Waals surface area contributed by atoms with Crippen molar-refractivity contribution in [3.8, 4) is 11.5 Å². The van der Waals surface area contributed by atoms with Crippen LogP contribution in [-0.2, 0) is 39.3 Å². The van der Waals surface area contributed by atoms with Crippen LogP contribution < -0.4 is 10.2 Å². The molecule has 0 aliphatic heterocycles. The van der Waals surface area contributed by atoms with Crippen LogP contribution in [0.3, 0.4) is 0 Å². The molecule has 3 aromatic heterocycles. The van der Waals surface area contributed by atoms with Crippen molar-refractivity contribution >= 4 is 0 Å². The quantitative estimate of drug-likeness (QED) is 0.134. The zero-order valence-corrected chi connectivity index (χ0v) is 26.3. The monoisotopic (exact) mass is 755 g/mol. The Labute approximate surface area is 292 Å². The van der Waals surface area contributed by atoms with E-state index in [1.54, 1.807) is 36.7 Å². The zero-order valence-electron chi connectivity index (χ0n) is 24.3. The number of hydrogen-bond acceptors (Lipinski definition) is 10. The van der Waals surface area contributed by atoms with Gasteiger partial charge in [0.2, 0.25) is 0 Å². The normalized spacial score (nSPS) is 10.5. The number of hydrogen-bond donors (Lipinski definition) is 0. The fourth-order valence-corrected chi connectivity index (χ4v) is 4.69. The van der Waals surface area contributed by atoms with E-state index >= 15 is 0 Å². The molecule has 0 spiro atoms. The Morgan fingerprint density at radius 3 is 1.24 bits per heavy atom. The van der Waals surface area contributed by atoms with Crippen molar-refractivity contribution < 1.29 is 53.5 Å². The molecule has 0 unspecified atom stereocenters. The minimum atomic E-state index is -1.75. The van der Waals surface area contributed by atoms with Gasteiger partial charge in [-0.25, -0.2) is 0 Å². The predicted octanol–water partition coefficient (Wildman–Crippen LogP) is 4.18. The van der Waals surface area contributed by atoms with Gasteiger partial charge in [0.25, 0.3) is 0 Å². The van der Waals surface area contributed by atoms with Crippen molar-refractivity contribution in [3.63, 3.8) is 0 Å². The molecule has 11 nitrogen and oxygen atoms in total. The minimum Gasteiger partial charge on any atom is -0.872 e. The minimum absolute atomic E-state index is 0. The third-order valence-electron chi connectivity index (χ3n) is 6.59. The van der Waals surface area contributed by atoms with Gasteiger partial charge in [-0.3, -0.25) is 24.8 Å². The number of benzene rings is 2. The molecule has 0 atom stereocenters. The molecule has 0 bridgehead atoms. The Balaban J connectivity index is 0.00000104. The topological polar surface area (TPSA) is 157 Å². The van der Waals surface area contributed by atoms with E-state index in [-0.39, 0.29) is 49.7 Å². The summed E-state index contributed by atoms with van der Waals surface area (Å²) in [5.41, 5.74) is 5.15. The molecule has 45 heavy (non-hydrogen) atoms. The van der Waals surface area contributed by atoms with E-state index in [0.29, 0.717) is 39.3 Å². The Morgan fingerprint density at radius 2 is 0.867 bits per heavy atom. The first kappa shape index (κ1) is 35.4. The third kappa shape index (κ3) is 12.4. The van der Waals surface area contributed by atoms with Gasteiger partial charge < -0.3 is 25.5 Å². The van der Waals surface area contributed by atoms with E-state index in [0.717, 1.165) is 33.9 Å². The SMILES string of the molecule is O=[N+]([O-])[O-].[Dy+3].[O-]c1ccccc1CN(Cc1ccccn1)Cc1cccc(CN(Cc2ccccn2)Cc2ccccc2[O-])n1. The van der Waals surface area contributed by atoms with E-state index in [1.807, 2.05) is 78.9 Å². The van der Waals surface area contributed by atoms with Gasteiger partial charge in [0.1, 0.15) is 0 Å². The molecule has 12 heteroatoms. The van der Waals surface area contributed by atoms with Gasteiger partial charge >= 0.3 is 38.2 Å². The summed E-state index contributed by atoms with van der Waals surface area (Å²) in [4.78, 5) is 26.6. The summed E-state index contributed by atoms with van der Waals surface area (Å²) < 4.78 is 0. The number of para-hydroxylation sites is 2. The number of aromatic nitrogens is 3. The second-order valence-corrected chi connectivity index (χ2v) is 9.99. The van der Waals surface area contributed by atoms with Gasteiger partial charge in [0, 0.05) is 51.7 Å². The summed E-state index contributed by atoms with van der Waals surface area (Å²) in [5, 5.41) is 39.7. The van der Waals surface area contributed by atoms with Crippen molar-refractivity contribution in [1.82, 2.24) is 24.8 Å². The Kier molecular flexibility index (Phi) is 14.6. The average molecular weight is 754 g/mol. The first-order valence-corrected chi connectivity index (χ1v) is 13.9. The van der Waals surface area contributed by atoms with Crippen molar-refractivity contribution in [3.05, 3.63) is 165 Å². The smallest absolute Gasteiger partial charge is 0.872 e. The van der Waals surface area contributed by atoms with Crippen molar-refractivity contribution in [2.24, 2.45) is 0 Å². The summed E-state index contributed by atoms with van der Waals surface area (Å²) in [5.74, 6) is 0.0538. The molecule has 0 fully saturated rings. The maximum absolute atomic E-state index is 12.5. The van der Waals surface area contributed by atoms with Gasteiger partial charge in [0.05, 0.1) is 27.9 Å². The molecule has 1 radical (unpaired) electrons. The van der Waals surface area contributed by atoms with Crippen LogP contribution in [0.1, 0.15) is 33.9 Å². The van der Waals surface area contributed by atoms with Gasteiger partial charge in [-0.05, 0) is 47.5 Å². The zero-order chi connectivity index (χ0) is 31.1. The van der Waals surface area contributed by atoms with Gasteiger partial charge in [-0.2, -0.15) is 0 Å². The molecule has 0 aliphatic carbocycles.